The number of carbonyl (C=O) groups is 1. The van der Waals surface area contributed by atoms with Gasteiger partial charge in [0.1, 0.15) is 11.5 Å². The molecule has 0 bridgehead atoms. The Labute approximate surface area is 150 Å². The van der Waals surface area contributed by atoms with Crippen LogP contribution in [0.2, 0.25) is 0 Å². The fourth-order valence-corrected chi connectivity index (χ4v) is 2.68. The first-order valence-corrected chi connectivity index (χ1v) is 8.77. The number of amides is 1. The van der Waals surface area contributed by atoms with Crippen LogP contribution in [0.3, 0.4) is 0 Å². The molecule has 0 unspecified atom stereocenters. The first-order valence-electron chi connectivity index (χ1n) is 8.77. The monoisotopic (exact) mass is 341 g/mol. The Hall–Kier alpha value is -2.49. The van der Waals surface area contributed by atoms with Gasteiger partial charge in [-0.05, 0) is 49.4 Å². The molecule has 2 rings (SSSR count). The van der Waals surface area contributed by atoms with Crippen molar-refractivity contribution in [1.29, 1.82) is 0 Å². The molecule has 1 atom stereocenters. The molecule has 4 nitrogen and oxygen atoms in total. The van der Waals surface area contributed by atoms with Gasteiger partial charge in [-0.1, -0.05) is 43.3 Å². The second kappa shape index (κ2) is 9.72. The molecular weight excluding hydrogens is 314 g/mol. The maximum atomic E-state index is 12.4. The van der Waals surface area contributed by atoms with Crippen molar-refractivity contribution in [2.75, 3.05) is 13.7 Å². The van der Waals surface area contributed by atoms with Gasteiger partial charge < -0.3 is 14.8 Å². The lowest BCUT2D eigenvalue weighted by molar-refractivity contribution is -0.128. The van der Waals surface area contributed by atoms with Crippen LogP contribution in [0.25, 0.3) is 0 Å². The van der Waals surface area contributed by atoms with Crippen molar-refractivity contribution in [3.63, 3.8) is 0 Å². The molecule has 0 spiro atoms. The number of carbonyl (C=O) groups excluding carboxylic acids is 1. The molecule has 0 aliphatic carbocycles. The molecule has 0 aliphatic heterocycles. The third-order valence-electron chi connectivity index (χ3n) is 4.14. The summed E-state index contributed by atoms with van der Waals surface area (Å²) in [7, 11) is 1.68. The zero-order chi connectivity index (χ0) is 18.1. The number of hydrogen-bond donors (Lipinski definition) is 1. The average Bonchev–Trinajstić information content (AvgIpc) is 2.64. The fraction of sp³-hybridized carbons (Fsp3) is 0.381. The minimum atomic E-state index is -0.465. The van der Waals surface area contributed by atoms with Gasteiger partial charge in [-0.15, -0.1) is 0 Å². The molecule has 0 saturated carbocycles. The molecule has 4 heteroatoms. The van der Waals surface area contributed by atoms with E-state index >= 15 is 0 Å². The Morgan fingerprint density at radius 2 is 1.76 bits per heavy atom. The number of hydrogen-bond acceptors (Lipinski definition) is 3. The Morgan fingerprint density at radius 1 is 1.08 bits per heavy atom. The van der Waals surface area contributed by atoms with E-state index in [1.165, 1.54) is 0 Å². The zero-order valence-corrected chi connectivity index (χ0v) is 15.2. The van der Waals surface area contributed by atoms with Gasteiger partial charge in [0, 0.05) is 6.54 Å². The summed E-state index contributed by atoms with van der Waals surface area (Å²) in [6, 6.07) is 15.7. The fourth-order valence-electron chi connectivity index (χ4n) is 2.68. The van der Waals surface area contributed by atoms with E-state index in [9.17, 15) is 4.79 Å². The second-order valence-corrected chi connectivity index (χ2v) is 5.99. The summed E-state index contributed by atoms with van der Waals surface area (Å²) in [6.45, 7) is 4.55. The maximum Gasteiger partial charge on any atom is 0.261 e. The van der Waals surface area contributed by atoms with E-state index in [0.29, 0.717) is 13.0 Å². The molecular formula is C21H27NO3. The van der Waals surface area contributed by atoms with Gasteiger partial charge in [-0.3, -0.25) is 4.79 Å². The molecule has 0 radical (unpaired) electrons. The first-order chi connectivity index (χ1) is 12.2. The lowest BCUT2D eigenvalue weighted by Gasteiger charge is -2.18. The van der Waals surface area contributed by atoms with Crippen molar-refractivity contribution in [2.45, 2.75) is 39.2 Å². The van der Waals surface area contributed by atoms with E-state index in [2.05, 4.69) is 11.4 Å². The Balaban J connectivity index is 1.81. The molecule has 2 aromatic rings. The van der Waals surface area contributed by atoms with Gasteiger partial charge in [0.2, 0.25) is 0 Å². The standard InChI is InChI=1S/C21H27NO3/c1-4-18(25-19-13-7-5-10-16(19)2)21(23)22-15-9-12-17-11-6-8-14-20(17)24-3/h5-8,10-11,13-14,18H,4,9,12,15H2,1-3H3,(H,22,23)/t18-/m1/s1. The molecule has 2 aromatic carbocycles. The summed E-state index contributed by atoms with van der Waals surface area (Å²) in [5.74, 6) is 1.59. The minimum Gasteiger partial charge on any atom is -0.496 e. The number of benzene rings is 2. The van der Waals surface area contributed by atoms with Crippen LogP contribution in [0.1, 0.15) is 30.9 Å². The summed E-state index contributed by atoms with van der Waals surface area (Å²) in [4.78, 5) is 12.4. The number of aryl methyl sites for hydroxylation is 2. The van der Waals surface area contributed by atoms with Crippen LogP contribution in [0.4, 0.5) is 0 Å². The zero-order valence-electron chi connectivity index (χ0n) is 15.2. The Morgan fingerprint density at radius 3 is 2.44 bits per heavy atom. The van der Waals surface area contributed by atoms with Gasteiger partial charge in [-0.2, -0.15) is 0 Å². The number of para-hydroxylation sites is 2. The molecule has 0 aliphatic rings. The van der Waals surface area contributed by atoms with Crippen molar-refractivity contribution in [1.82, 2.24) is 5.32 Å². The van der Waals surface area contributed by atoms with E-state index in [1.807, 2.05) is 56.3 Å². The van der Waals surface area contributed by atoms with Crippen LogP contribution in [-0.4, -0.2) is 25.7 Å². The van der Waals surface area contributed by atoms with Crippen molar-refractivity contribution in [2.24, 2.45) is 0 Å². The summed E-state index contributed by atoms with van der Waals surface area (Å²) in [5.41, 5.74) is 2.19. The highest BCUT2D eigenvalue weighted by atomic mass is 16.5. The highest BCUT2D eigenvalue weighted by Crippen LogP contribution is 2.20. The predicted molar refractivity (Wildman–Crippen MR) is 100 cm³/mol. The van der Waals surface area contributed by atoms with Gasteiger partial charge in [0.05, 0.1) is 7.11 Å². The molecule has 134 valence electrons. The SMILES string of the molecule is CC[C@@H](Oc1ccccc1C)C(=O)NCCCc1ccccc1OC. The lowest BCUT2D eigenvalue weighted by Crippen LogP contribution is -2.38. The number of rotatable bonds is 9. The highest BCUT2D eigenvalue weighted by Gasteiger charge is 2.18. The van der Waals surface area contributed by atoms with Gasteiger partial charge >= 0.3 is 0 Å². The van der Waals surface area contributed by atoms with E-state index in [1.54, 1.807) is 7.11 Å². The largest absolute Gasteiger partial charge is 0.496 e. The van der Waals surface area contributed by atoms with Gasteiger partial charge in [0.15, 0.2) is 6.10 Å². The van der Waals surface area contributed by atoms with E-state index < -0.39 is 6.10 Å². The first kappa shape index (κ1) is 18.8. The normalized spacial score (nSPS) is 11.6. The van der Waals surface area contributed by atoms with Crippen LogP contribution >= 0.6 is 0 Å². The van der Waals surface area contributed by atoms with Crippen molar-refractivity contribution < 1.29 is 14.3 Å². The number of ether oxygens (including phenoxy) is 2. The maximum absolute atomic E-state index is 12.4. The smallest absolute Gasteiger partial charge is 0.261 e. The third kappa shape index (κ3) is 5.52. The molecule has 25 heavy (non-hydrogen) atoms. The quantitative estimate of drug-likeness (QED) is 0.704. The molecule has 0 aromatic heterocycles. The Kier molecular flexibility index (Phi) is 7.33. The van der Waals surface area contributed by atoms with Crippen LogP contribution in [0, 0.1) is 6.92 Å². The molecule has 0 fully saturated rings. The van der Waals surface area contributed by atoms with E-state index in [-0.39, 0.29) is 5.91 Å². The number of methoxy groups -OCH3 is 1. The summed E-state index contributed by atoms with van der Waals surface area (Å²) in [6.07, 6.45) is 1.88. The lowest BCUT2D eigenvalue weighted by atomic mass is 10.1. The van der Waals surface area contributed by atoms with Gasteiger partial charge in [0.25, 0.3) is 5.91 Å². The van der Waals surface area contributed by atoms with Crippen molar-refractivity contribution >= 4 is 5.91 Å². The molecule has 1 amide bonds. The highest BCUT2D eigenvalue weighted by molar-refractivity contribution is 5.81. The number of nitrogens with one attached hydrogen (secondary N) is 1. The van der Waals surface area contributed by atoms with Crippen LogP contribution in [-0.2, 0) is 11.2 Å². The van der Waals surface area contributed by atoms with Crippen molar-refractivity contribution in [3.8, 4) is 11.5 Å². The van der Waals surface area contributed by atoms with Crippen LogP contribution in [0.5, 0.6) is 11.5 Å². The Bertz CT molecular complexity index is 684. The minimum absolute atomic E-state index is 0.0641. The average molecular weight is 341 g/mol. The van der Waals surface area contributed by atoms with E-state index in [4.69, 9.17) is 9.47 Å². The summed E-state index contributed by atoms with van der Waals surface area (Å²) < 4.78 is 11.2. The predicted octanol–water partition coefficient (Wildman–Crippen LogP) is 3.91. The molecule has 0 saturated heterocycles. The van der Waals surface area contributed by atoms with Crippen LogP contribution < -0.4 is 14.8 Å². The summed E-state index contributed by atoms with van der Waals surface area (Å²) >= 11 is 0. The van der Waals surface area contributed by atoms with Crippen LogP contribution in [0.15, 0.2) is 48.5 Å². The van der Waals surface area contributed by atoms with Gasteiger partial charge in [-0.25, -0.2) is 0 Å². The summed E-state index contributed by atoms with van der Waals surface area (Å²) in [5, 5.41) is 2.98. The second-order valence-electron chi connectivity index (χ2n) is 5.99. The van der Waals surface area contributed by atoms with Crippen molar-refractivity contribution in [3.05, 3.63) is 59.7 Å². The topological polar surface area (TPSA) is 47.6 Å². The molecule has 1 N–H and O–H groups in total. The third-order valence-corrected chi connectivity index (χ3v) is 4.14. The molecule has 0 heterocycles. The van der Waals surface area contributed by atoms with E-state index in [0.717, 1.165) is 35.5 Å².